The highest BCUT2D eigenvalue weighted by Gasteiger charge is 2.65. The van der Waals surface area contributed by atoms with E-state index in [2.05, 4.69) is 18.7 Å². The third-order valence-electron chi connectivity index (χ3n) is 13.2. The molecule has 0 radical (unpaired) electrons. The number of unbranched alkanes of at least 4 members (excludes halogenated alkanes) is 2. The highest BCUT2D eigenvalue weighted by Crippen LogP contribution is 2.62. The van der Waals surface area contributed by atoms with Crippen molar-refractivity contribution < 1.29 is 43.7 Å². The number of benzene rings is 5. The predicted molar refractivity (Wildman–Crippen MR) is 259 cm³/mol. The summed E-state index contributed by atoms with van der Waals surface area (Å²) in [7, 11) is 1.51. The van der Waals surface area contributed by atoms with Crippen LogP contribution in [0.3, 0.4) is 0 Å². The van der Waals surface area contributed by atoms with Crippen LogP contribution in [0.4, 0.5) is 10.5 Å². The number of carbonyl (C=O) groups is 1. The van der Waals surface area contributed by atoms with Gasteiger partial charge in [0.1, 0.15) is 36.1 Å². The van der Waals surface area contributed by atoms with E-state index in [4.69, 9.17) is 28.9 Å². The number of rotatable bonds is 20. The average molecular weight is 928 g/mol. The van der Waals surface area contributed by atoms with Gasteiger partial charge in [-0.1, -0.05) is 72.6 Å². The summed E-state index contributed by atoms with van der Waals surface area (Å²) < 4.78 is 27.3. The summed E-state index contributed by atoms with van der Waals surface area (Å²) >= 11 is 1.65. The van der Waals surface area contributed by atoms with E-state index >= 15 is 4.79 Å². The van der Waals surface area contributed by atoms with E-state index < -0.39 is 28.8 Å². The highest BCUT2D eigenvalue weighted by molar-refractivity contribution is 7.98. The number of fused-ring (bicyclic) bond motifs is 3. The molecule has 1 amide bonds. The number of aliphatic hydroxyl groups excluding tert-OH is 2. The lowest BCUT2D eigenvalue weighted by molar-refractivity contribution is -0.384. The summed E-state index contributed by atoms with van der Waals surface area (Å²) in [5.41, 5.74) is 3.14. The molecule has 2 N–H and O–H groups in total. The van der Waals surface area contributed by atoms with Crippen LogP contribution in [0.5, 0.6) is 23.0 Å². The minimum Gasteiger partial charge on any atom is -0.459 e. The number of amides is 1. The third-order valence-corrected chi connectivity index (χ3v) is 14.0. The molecule has 0 saturated heterocycles. The Morgan fingerprint density at radius 1 is 0.940 bits per heavy atom. The number of ether oxygens (including phenoxy) is 4. The second-order valence-electron chi connectivity index (χ2n) is 17.1. The van der Waals surface area contributed by atoms with Gasteiger partial charge in [0.05, 0.1) is 29.7 Å². The molecule has 350 valence electrons. The Morgan fingerprint density at radius 2 is 1.66 bits per heavy atom. The number of thioether (sulfide) groups is 1. The van der Waals surface area contributed by atoms with Gasteiger partial charge >= 0.3 is 6.09 Å². The first-order chi connectivity index (χ1) is 32.7. The first kappa shape index (κ1) is 47.3. The molecule has 1 aliphatic heterocycles. The first-order valence-corrected chi connectivity index (χ1v) is 24.1. The number of hydrogen-bond acceptors (Lipinski definition) is 12. The topological polar surface area (TPSA) is 162 Å². The molecular formula is C53H57N3O10S. The second-order valence-corrected chi connectivity index (χ2v) is 18.0. The van der Waals surface area contributed by atoms with Crippen molar-refractivity contribution in [1.29, 1.82) is 0 Å². The molecule has 67 heavy (non-hydrogen) atoms. The lowest BCUT2D eigenvalue weighted by Crippen LogP contribution is -2.70. The van der Waals surface area contributed by atoms with Crippen LogP contribution in [0.1, 0.15) is 62.0 Å². The number of carbonyl (C=O) groups excluding carboxylic acids is 1. The molecule has 5 aromatic carbocycles. The summed E-state index contributed by atoms with van der Waals surface area (Å²) in [6.07, 6.45) is 9.79. The normalized spacial score (nSPS) is 22.2. The summed E-state index contributed by atoms with van der Waals surface area (Å²) in [6, 6.07) is 32.2. The molecular weight excluding hydrogens is 871 g/mol. The van der Waals surface area contributed by atoms with Crippen molar-refractivity contribution in [1.82, 2.24) is 4.90 Å². The fourth-order valence-electron chi connectivity index (χ4n) is 10.3. The van der Waals surface area contributed by atoms with E-state index in [0.717, 1.165) is 58.1 Å². The Balaban J connectivity index is 1.34. The second kappa shape index (κ2) is 21.6. The first-order valence-electron chi connectivity index (χ1n) is 22.8. The van der Waals surface area contributed by atoms with Crippen LogP contribution in [-0.2, 0) is 16.1 Å². The molecule has 5 aromatic rings. The number of aliphatic hydroxyl groups is 2. The van der Waals surface area contributed by atoms with Crippen molar-refractivity contribution in [3.05, 3.63) is 155 Å². The summed E-state index contributed by atoms with van der Waals surface area (Å²) in [5.74, 6) is -0.388. The third kappa shape index (κ3) is 10.1. The van der Waals surface area contributed by atoms with Gasteiger partial charge in [-0.15, -0.1) is 18.3 Å². The van der Waals surface area contributed by atoms with E-state index in [1.807, 2.05) is 85.1 Å². The van der Waals surface area contributed by atoms with E-state index in [1.54, 1.807) is 22.7 Å². The summed E-state index contributed by atoms with van der Waals surface area (Å²) in [4.78, 5) is 34.7. The molecule has 0 unspecified atom stereocenters. The van der Waals surface area contributed by atoms with Crippen molar-refractivity contribution in [2.75, 3.05) is 33.2 Å². The molecule has 13 nitrogen and oxygen atoms in total. The number of allylic oxidation sites excluding steroid dienone is 1. The van der Waals surface area contributed by atoms with Crippen LogP contribution < -0.4 is 14.2 Å². The van der Waals surface area contributed by atoms with E-state index in [0.29, 0.717) is 35.8 Å². The van der Waals surface area contributed by atoms with Crippen LogP contribution in [0.25, 0.3) is 10.8 Å². The number of non-ortho nitro benzene ring substituents is 1. The van der Waals surface area contributed by atoms with E-state index in [1.165, 1.54) is 31.4 Å². The van der Waals surface area contributed by atoms with Gasteiger partial charge in [0.2, 0.25) is 5.79 Å². The molecule has 3 aliphatic rings. The molecule has 0 bridgehead atoms. The lowest BCUT2D eigenvalue weighted by Gasteiger charge is -2.59. The van der Waals surface area contributed by atoms with Gasteiger partial charge in [-0.05, 0) is 120 Å². The molecule has 2 aliphatic carbocycles. The number of oxime groups is 1. The predicted octanol–water partition coefficient (Wildman–Crippen LogP) is 11.2. The zero-order chi connectivity index (χ0) is 46.9. The molecule has 1 heterocycles. The van der Waals surface area contributed by atoms with Crippen LogP contribution in [-0.4, -0.2) is 76.9 Å². The molecule has 0 aromatic heterocycles. The number of nitro benzene ring substituents is 1. The van der Waals surface area contributed by atoms with Gasteiger partial charge in [0.15, 0.2) is 0 Å². The van der Waals surface area contributed by atoms with Crippen molar-refractivity contribution in [2.45, 2.75) is 74.1 Å². The Bertz CT molecular complexity index is 2600. The van der Waals surface area contributed by atoms with Crippen molar-refractivity contribution in [3.8, 4) is 23.0 Å². The molecule has 0 spiro atoms. The average Bonchev–Trinajstić information content (AvgIpc) is 3.34. The van der Waals surface area contributed by atoms with Gasteiger partial charge in [-0.25, -0.2) is 4.79 Å². The maximum absolute atomic E-state index is 15.2. The van der Waals surface area contributed by atoms with Crippen LogP contribution in [0.15, 0.2) is 144 Å². The van der Waals surface area contributed by atoms with Crippen molar-refractivity contribution in [2.24, 2.45) is 22.9 Å². The lowest BCUT2D eigenvalue weighted by atomic mass is 9.55. The summed E-state index contributed by atoms with van der Waals surface area (Å²) in [5, 5.41) is 38.2. The fraction of sp³-hybridized carbons (Fsp3) is 0.358. The molecule has 1 saturated carbocycles. The number of hydrogen-bond donors (Lipinski definition) is 2. The van der Waals surface area contributed by atoms with E-state index in [-0.39, 0.29) is 62.0 Å². The minimum atomic E-state index is -1.56. The van der Waals surface area contributed by atoms with Crippen LogP contribution in [0, 0.1) is 27.9 Å². The van der Waals surface area contributed by atoms with Gasteiger partial charge in [-0.2, -0.15) is 0 Å². The zero-order valence-corrected chi connectivity index (χ0v) is 38.6. The standard InChI is InChI=1S/C53H57N3O10S/c1-4-30-63-53-49(55(34-37-15-11-14-35-12-5-6-16-43(35)37)52(59)65-40-20-18-38(19-21-40)56(60)61)33-47(54-62-2)45-31-36(13-7-9-28-57)44(17-8-10-29-58)50(51(45)53)46-32-41(24-27-48(46)66-53)64-39-22-25-42(67-3)26-23-39/h4-6,11-12,14-16,18-27,31-32,36,44,49-51,57-58H,1,7-10,13,17,28-30,33-34H2,2-3H3/t36-,44+,49-,50+,51+,53+/m0/s1. The van der Waals surface area contributed by atoms with Crippen LogP contribution in [0.2, 0.25) is 0 Å². The quantitative estimate of drug-likeness (QED) is 0.0251. The fourth-order valence-corrected chi connectivity index (χ4v) is 10.7. The van der Waals surface area contributed by atoms with Gasteiger partial charge in [-0.3, -0.25) is 15.0 Å². The Kier molecular flexibility index (Phi) is 15.3. The van der Waals surface area contributed by atoms with Gasteiger partial charge in [0, 0.05) is 48.1 Å². The van der Waals surface area contributed by atoms with Gasteiger partial charge < -0.3 is 34.0 Å². The number of nitrogens with zero attached hydrogens (tertiary/aromatic N) is 3. The largest absolute Gasteiger partial charge is 0.459 e. The van der Waals surface area contributed by atoms with Gasteiger partial charge in [0.25, 0.3) is 5.69 Å². The molecule has 6 atom stereocenters. The molecule has 14 heteroatoms. The monoisotopic (exact) mass is 927 g/mol. The number of nitro groups is 1. The Labute approximate surface area is 395 Å². The van der Waals surface area contributed by atoms with Crippen molar-refractivity contribution >= 4 is 40.0 Å². The molecule has 1 fully saturated rings. The SMILES string of the molecule is C=CCO[C@@]12Oc3ccc(Oc4ccc(SC)cc4)cc3[C@H]3[C@H](CCCCO)[C@@H](CCCCO)C=C(C(=NOC)C[C@@H]1N(Cc1cccc4ccccc14)C(=O)Oc1ccc([N+](=O)[O-])cc1)[C@H]32. The van der Waals surface area contributed by atoms with Crippen molar-refractivity contribution in [3.63, 3.8) is 0 Å². The summed E-state index contributed by atoms with van der Waals surface area (Å²) in [6.45, 7) is 4.33. The maximum Gasteiger partial charge on any atom is 0.416 e. The highest BCUT2D eigenvalue weighted by atomic mass is 32.2. The smallest absolute Gasteiger partial charge is 0.416 e. The zero-order valence-electron chi connectivity index (χ0n) is 37.8. The van der Waals surface area contributed by atoms with Crippen LogP contribution >= 0.6 is 11.8 Å². The van der Waals surface area contributed by atoms with E-state index in [9.17, 15) is 20.3 Å². The Hall–Kier alpha value is -6.19. The minimum absolute atomic E-state index is 0.00872. The Morgan fingerprint density at radius 3 is 2.37 bits per heavy atom. The molecule has 8 rings (SSSR count). The maximum atomic E-state index is 15.2.